The van der Waals surface area contributed by atoms with Gasteiger partial charge in [0.2, 0.25) is 0 Å². The number of rotatable bonds is 7. The smallest absolute Gasteiger partial charge is 0.192 e. The number of ketones is 1. The Morgan fingerprint density at radius 1 is 1.07 bits per heavy atom. The van der Waals surface area contributed by atoms with Gasteiger partial charge in [-0.1, -0.05) is 53.7 Å². The van der Waals surface area contributed by atoms with Gasteiger partial charge in [-0.3, -0.25) is 9.36 Å². The van der Waals surface area contributed by atoms with Gasteiger partial charge in [0.1, 0.15) is 5.76 Å². The van der Waals surface area contributed by atoms with Crippen LogP contribution in [0.4, 0.5) is 0 Å². The van der Waals surface area contributed by atoms with E-state index in [1.165, 1.54) is 11.8 Å². The van der Waals surface area contributed by atoms with E-state index in [0.717, 1.165) is 22.7 Å². The highest BCUT2D eigenvalue weighted by molar-refractivity contribution is 7.99. The molecule has 0 saturated carbocycles. The van der Waals surface area contributed by atoms with E-state index in [9.17, 15) is 4.79 Å². The van der Waals surface area contributed by atoms with Gasteiger partial charge in [0.15, 0.2) is 16.8 Å². The number of aromatic nitrogens is 3. The summed E-state index contributed by atoms with van der Waals surface area (Å²) in [7, 11) is 0. The van der Waals surface area contributed by atoms with Gasteiger partial charge in [-0.05, 0) is 42.8 Å². The van der Waals surface area contributed by atoms with E-state index in [2.05, 4.69) is 22.3 Å². The standard InChI is InChI=1S/C22H18ClN3O2S/c1-15-19(11-12-28-15)21-24-25-22(26(21)13-16-5-3-2-4-6-16)29-14-20(27)17-7-9-18(23)10-8-17/h2-12H,13-14H2,1H3. The van der Waals surface area contributed by atoms with E-state index in [-0.39, 0.29) is 11.5 Å². The second-order valence-corrected chi connectivity index (χ2v) is 7.87. The summed E-state index contributed by atoms with van der Waals surface area (Å²) in [5.74, 6) is 1.78. The van der Waals surface area contributed by atoms with E-state index in [4.69, 9.17) is 16.0 Å². The van der Waals surface area contributed by atoms with Gasteiger partial charge in [-0.2, -0.15) is 0 Å². The molecule has 0 aliphatic rings. The Morgan fingerprint density at radius 3 is 2.52 bits per heavy atom. The first-order valence-electron chi connectivity index (χ1n) is 9.05. The van der Waals surface area contributed by atoms with Crippen LogP contribution >= 0.6 is 23.4 Å². The molecule has 29 heavy (non-hydrogen) atoms. The van der Waals surface area contributed by atoms with Crippen LogP contribution in [0.5, 0.6) is 0 Å². The Balaban J connectivity index is 1.60. The van der Waals surface area contributed by atoms with Crippen LogP contribution in [-0.4, -0.2) is 26.3 Å². The van der Waals surface area contributed by atoms with Gasteiger partial charge in [-0.25, -0.2) is 0 Å². The van der Waals surface area contributed by atoms with E-state index >= 15 is 0 Å². The van der Waals surface area contributed by atoms with Crippen LogP contribution < -0.4 is 0 Å². The molecule has 7 heteroatoms. The summed E-state index contributed by atoms with van der Waals surface area (Å²) < 4.78 is 7.47. The highest BCUT2D eigenvalue weighted by Gasteiger charge is 2.19. The molecular formula is C22H18ClN3O2S. The van der Waals surface area contributed by atoms with E-state index < -0.39 is 0 Å². The van der Waals surface area contributed by atoms with Crippen molar-refractivity contribution in [2.24, 2.45) is 0 Å². The first-order valence-corrected chi connectivity index (χ1v) is 10.4. The number of Topliss-reactive ketones (excluding diaryl/α,β-unsaturated/α-hetero) is 1. The molecule has 2 aromatic carbocycles. The third-order valence-electron chi connectivity index (χ3n) is 4.50. The van der Waals surface area contributed by atoms with Crippen LogP contribution in [-0.2, 0) is 6.54 Å². The van der Waals surface area contributed by atoms with Crippen molar-refractivity contribution in [3.63, 3.8) is 0 Å². The number of aryl methyl sites for hydroxylation is 1. The summed E-state index contributed by atoms with van der Waals surface area (Å²) >= 11 is 7.28. The van der Waals surface area contributed by atoms with Crippen molar-refractivity contribution in [3.8, 4) is 11.4 Å². The molecule has 0 N–H and O–H groups in total. The molecule has 2 aromatic heterocycles. The van der Waals surface area contributed by atoms with E-state index in [0.29, 0.717) is 22.3 Å². The molecule has 0 atom stereocenters. The Labute approximate surface area is 177 Å². The average Bonchev–Trinajstić information content (AvgIpc) is 3.33. The molecule has 2 heterocycles. The number of nitrogens with zero attached hydrogens (tertiary/aromatic N) is 3. The molecular weight excluding hydrogens is 406 g/mol. The van der Waals surface area contributed by atoms with Crippen molar-refractivity contribution in [2.45, 2.75) is 18.6 Å². The topological polar surface area (TPSA) is 60.9 Å². The minimum Gasteiger partial charge on any atom is -0.469 e. The maximum atomic E-state index is 12.6. The zero-order valence-electron chi connectivity index (χ0n) is 15.7. The Kier molecular flexibility index (Phi) is 5.83. The lowest BCUT2D eigenvalue weighted by Gasteiger charge is -2.10. The lowest BCUT2D eigenvalue weighted by Crippen LogP contribution is -2.07. The van der Waals surface area contributed by atoms with Crippen LogP contribution in [0.25, 0.3) is 11.4 Å². The number of thioether (sulfide) groups is 1. The summed E-state index contributed by atoms with van der Waals surface area (Å²) in [6, 6.07) is 18.9. The minimum absolute atomic E-state index is 0.0157. The SMILES string of the molecule is Cc1occc1-c1nnc(SCC(=O)c2ccc(Cl)cc2)n1Cc1ccccc1. The van der Waals surface area contributed by atoms with Crippen molar-refractivity contribution in [1.82, 2.24) is 14.8 Å². The molecule has 5 nitrogen and oxygen atoms in total. The van der Waals surface area contributed by atoms with Crippen LogP contribution in [0.3, 0.4) is 0 Å². The zero-order chi connectivity index (χ0) is 20.2. The molecule has 0 spiro atoms. The van der Waals surface area contributed by atoms with Crippen LogP contribution in [0.1, 0.15) is 21.7 Å². The molecule has 0 amide bonds. The molecule has 146 valence electrons. The van der Waals surface area contributed by atoms with Crippen molar-refractivity contribution in [1.29, 1.82) is 0 Å². The first-order chi connectivity index (χ1) is 14.1. The summed E-state index contributed by atoms with van der Waals surface area (Å²) in [5, 5.41) is 10.0. The van der Waals surface area contributed by atoms with Crippen LogP contribution in [0, 0.1) is 6.92 Å². The van der Waals surface area contributed by atoms with Crippen LogP contribution in [0.2, 0.25) is 5.02 Å². The van der Waals surface area contributed by atoms with E-state index in [1.807, 2.05) is 35.8 Å². The number of benzene rings is 2. The van der Waals surface area contributed by atoms with E-state index in [1.54, 1.807) is 30.5 Å². The molecule has 0 bridgehead atoms. The summed E-state index contributed by atoms with van der Waals surface area (Å²) in [4.78, 5) is 12.6. The second kappa shape index (κ2) is 8.68. The van der Waals surface area contributed by atoms with Gasteiger partial charge in [0.25, 0.3) is 0 Å². The minimum atomic E-state index is 0.0157. The molecule has 4 rings (SSSR count). The number of furan rings is 1. The summed E-state index contributed by atoms with van der Waals surface area (Å²) in [6.45, 7) is 2.50. The van der Waals surface area contributed by atoms with Gasteiger partial charge >= 0.3 is 0 Å². The normalized spacial score (nSPS) is 11.0. The highest BCUT2D eigenvalue weighted by Crippen LogP contribution is 2.28. The predicted molar refractivity (Wildman–Crippen MR) is 115 cm³/mol. The number of hydrogen-bond donors (Lipinski definition) is 0. The number of carbonyl (C=O) groups excluding carboxylic acids is 1. The third kappa shape index (κ3) is 4.44. The van der Waals surface area contributed by atoms with Gasteiger partial charge < -0.3 is 4.42 Å². The molecule has 0 aliphatic heterocycles. The molecule has 0 saturated heterocycles. The lowest BCUT2D eigenvalue weighted by atomic mass is 10.1. The second-order valence-electron chi connectivity index (χ2n) is 6.49. The maximum Gasteiger partial charge on any atom is 0.192 e. The van der Waals surface area contributed by atoms with Crippen molar-refractivity contribution in [3.05, 3.63) is 88.8 Å². The summed E-state index contributed by atoms with van der Waals surface area (Å²) in [6.07, 6.45) is 1.64. The molecule has 0 aliphatic carbocycles. The summed E-state index contributed by atoms with van der Waals surface area (Å²) in [5.41, 5.74) is 2.65. The number of halogens is 1. The zero-order valence-corrected chi connectivity index (χ0v) is 17.3. The highest BCUT2D eigenvalue weighted by atomic mass is 35.5. The Hall–Kier alpha value is -2.83. The average molecular weight is 424 g/mol. The first kappa shape index (κ1) is 19.5. The molecule has 0 radical (unpaired) electrons. The Bertz CT molecular complexity index is 1120. The van der Waals surface area contributed by atoms with Gasteiger partial charge in [0, 0.05) is 10.6 Å². The molecule has 0 unspecified atom stereocenters. The van der Waals surface area contributed by atoms with Crippen molar-refractivity contribution in [2.75, 3.05) is 5.75 Å². The largest absolute Gasteiger partial charge is 0.469 e. The molecule has 0 fully saturated rings. The van der Waals surface area contributed by atoms with Crippen molar-refractivity contribution >= 4 is 29.1 Å². The number of hydrogen-bond acceptors (Lipinski definition) is 5. The number of carbonyl (C=O) groups is 1. The quantitative estimate of drug-likeness (QED) is 0.289. The maximum absolute atomic E-state index is 12.6. The third-order valence-corrected chi connectivity index (χ3v) is 5.72. The monoisotopic (exact) mass is 423 g/mol. The Morgan fingerprint density at radius 2 is 1.83 bits per heavy atom. The fourth-order valence-electron chi connectivity index (χ4n) is 2.97. The van der Waals surface area contributed by atoms with Crippen LogP contribution in [0.15, 0.2) is 76.5 Å². The van der Waals surface area contributed by atoms with Gasteiger partial charge in [0.05, 0.1) is 24.1 Å². The van der Waals surface area contributed by atoms with Crippen molar-refractivity contribution < 1.29 is 9.21 Å². The molecule has 4 aromatic rings. The van der Waals surface area contributed by atoms with Gasteiger partial charge in [-0.15, -0.1) is 10.2 Å². The predicted octanol–water partition coefficient (Wildman–Crippen LogP) is 5.52. The fraction of sp³-hybridized carbons (Fsp3) is 0.136. The fourth-order valence-corrected chi connectivity index (χ4v) is 3.93. The lowest BCUT2D eigenvalue weighted by molar-refractivity contribution is 0.102.